The molecule has 0 saturated carbocycles. The monoisotopic (exact) mass is 447 g/mol. The number of hydrogen-bond donors (Lipinski definition) is 1. The number of anilines is 2. The third-order valence-electron chi connectivity index (χ3n) is 4.56. The van der Waals surface area contributed by atoms with E-state index in [4.69, 9.17) is 0 Å². The van der Waals surface area contributed by atoms with Crippen molar-refractivity contribution >= 4 is 33.2 Å². The zero-order valence-electron chi connectivity index (χ0n) is 15.4. The van der Waals surface area contributed by atoms with E-state index < -0.39 is 38.5 Å². The number of alkyl halides is 3. The lowest BCUT2D eigenvalue weighted by Crippen LogP contribution is -2.29. The van der Waals surface area contributed by atoms with Crippen LogP contribution in [-0.4, -0.2) is 25.2 Å². The third kappa shape index (κ3) is 3.63. The maximum Gasteiger partial charge on any atom is 0.416 e. The van der Waals surface area contributed by atoms with E-state index in [1.54, 1.807) is 0 Å². The van der Waals surface area contributed by atoms with Crippen LogP contribution in [-0.2, 0) is 16.2 Å². The fourth-order valence-corrected chi connectivity index (χ4v) is 4.19. The number of halogens is 3. The summed E-state index contributed by atoms with van der Waals surface area (Å²) in [6, 6.07) is 9.99. The number of carbonyl (C=O) groups excluding carboxylic acids is 2. The summed E-state index contributed by atoms with van der Waals surface area (Å²) in [5.74, 6) is -1.40. The van der Waals surface area contributed by atoms with Crippen LogP contribution in [0.25, 0.3) is 0 Å². The molecular formula is C20H12F3N3O4S. The van der Waals surface area contributed by atoms with Crippen molar-refractivity contribution < 1.29 is 31.2 Å². The first-order chi connectivity index (χ1) is 14.6. The predicted molar refractivity (Wildman–Crippen MR) is 104 cm³/mol. The number of aromatic nitrogens is 1. The maximum atomic E-state index is 12.9. The highest BCUT2D eigenvalue weighted by atomic mass is 32.2. The van der Waals surface area contributed by atoms with Crippen LogP contribution in [0.15, 0.2) is 71.9 Å². The Morgan fingerprint density at radius 2 is 1.61 bits per heavy atom. The van der Waals surface area contributed by atoms with Gasteiger partial charge in [0.05, 0.1) is 39.2 Å². The Labute approximate surface area is 174 Å². The number of hydrogen-bond acceptors (Lipinski definition) is 5. The average molecular weight is 447 g/mol. The van der Waals surface area contributed by atoms with Crippen LogP contribution in [0.3, 0.4) is 0 Å². The second-order valence-corrected chi connectivity index (χ2v) is 8.20. The molecule has 0 spiro atoms. The lowest BCUT2D eigenvalue weighted by Gasteiger charge is -2.14. The summed E-state index contributed by atoms with van der Waals surface area (Å²) in [5.41, 5.74) is -1.12. The van der Waals surface area contributed by atoms with E-state index in [1.807, 2.05) is 0 Å². The minimum absolute atomic E-state index is 0.0125. The van der Waals surface area contributed by atoms with Gasteiger partial charge < -0.3 is 0 Å². The molecule has 0 bridgehead atoms. The highest BCUT2D eigenvalue weighted by Crippen LogP contribution is 2.34. The van der Waals surface area contributed by atoms with Gasteiger partial charge in [0.25, 0.3) is 21.8 Å². The van der Waals surface area contributed by atoms with Gasteiger partial charge in [-0.15, -0.1) is 0 Å². The van der Waals surface area contributed by atoms with Crippen LogP contribution >= 0.6 is 0 Å². The third-order valence-corrected chi connectivity index (χ3v) is 5.94. The highest BCUT2D eigenvalue weighted by molar-refractivity contribution is 7.92. The Morgan fingerprint density at radius 3 is 2.23 bits per heavy atom. The number of fused-ring (bicyclic) bond motifs is 1. The molecule has 2 heterocycles. The number of nitrogens with zero attached hydrogens (tertiary/aromatic N) is 2. The topological polar surface area (TPSA) is 96.4 Å². The molecule has 0 unspecified atom stereocenters. The summed E-state index contributed by atoms with van der Waals surface area (Å²) in [5, 5.41) is 0. The van der Waals surface area contributed by atoms with Crippen LogP contribution in [0.1, 0.15) is 26.3 Å². The summed E-state index contributed by atoms with van der Waals surface area (Å²) in [4.78, 5) is 29.9. The highest BCUT2D eigenvalue weighted by Gasteiger charge is 2.39. The van der Waals surface area contributed by atoms with Crippen LogP contribution in [0.2, 0.25) is 0 Å². The van der Waals surface area contributed by atoms with Crippen molar-refractivity contribution in [2.75, 3.05) is 9.62 Å². The van der Waals surface area contributed by atoms with Gasteiger partial charge in [-0.25, -0.2) is 13.3 Å². The van der Waals surface area contributed by atoms with Crippen LogP contribution < -0.4 is 9.62 Å². The first kappa shape index (κ1) is 20.5. The second kappa shape index (κ2) is 7.20. The van der Waals surface area contributed by atoms with Crippen molar-refractivity contribution in [2.45, 2.75) is 11.1 Å². The van der Waals surface area contributed by atoms with Crippen molar-refractivity contribution in [3.63, 3.8) is 0 Å². The molecule has 1 aliphatic rings. The van der Waals surface area contributed by atoms with Gasteiger partial charge in [0, 0.05) is 6.20 Å². The van der Waals surface area contributed by atoms with Crippen LogP contribution in [0.5, 0.6) is 0 Å². The minimum Gasteiger partial charge on any atom is -0.279 e. The van der Waals surface area contributed by atoms with Crippen molar-refractivity contribution in [1.82, 2.24) is 4.98 Å². The van der Waals surface area contributed by atoms with E-state index >= 15 is 0 Å². The molecule has 0 fully saturated rings. The molecule has 4 rings (SSSR count). The molecule has 0 atom stereocenters. The molecule has 0 saturated heterocycles. The molecule has 31 heavy (non-hydrogen) atoms. The maximum absolute atomic E-state index is 12.9. The Bertz CT molecular complexity index is 1290. The first-order valence-electron chi connectivity index (χ1n) is 8.71. The van der Waals surface area contributed by atoms with E-state index in [9.17, 15) is 31.2 Å². The van der Waals surface area contributed by atoms with E-state index in [-0.39, 0.29) is 22.5 Å². The minimum atomic E-state index is -4.61. The Balaban J connectivity index is 1.70. The largest absolute Gasteiger partial charge is 0.416 e. The SMILES string of the molecule is O=C1c2cccc(NS(=O)(=O)c3ccc(C(F)(F)F)cc3)c2C(=O)N1c1cccnc1. The molecule has 3 aromatic rings. The Morgan fingerprint density at radius 1 is 0.903 bits per heavy atom. The van der Waals surface area contributed by atoms with Crippen molar-refractivity contribution in [1.29, 1.82) is 0 Å². The van der Waals surface area contributed by atoms with Crippen molar-refractivity contribution in [3.8, 4) is 0 Å². The molecular weight excluding hydrogens is 435 g/mol. The number of amides is 2. The molecule has 0 aliphatic carbocycles. The lowest BCUT2D eigenvalue weighted by molar-refractivity contribution is -0.137. The van der Waals surface area contributed by atoms with Gasteiger partial charge in [-0.05, 0) is 48.5 Å². The quantitative estimate of drug-likeness (QED) is 0.616. The normalized spacial score (nSPS) is 14.0. The fourth-order valence-electron chi connectivity index (χ4n) is 3.12. The van der Waals surface area contributed by atoms with Gasteiger partial charge in [0.1, 0.15) is 0 Å². The number of imide groups is 1. The van der Waals surface area contributed by atoms with Gasteiger partial charge in [-0.2, -0.15) is 13.2 Å². The van der Waals surface area contributed by atoms with E-state index in [0.29, 0.717) is 12.1 Å². The summed E-state index contributed by atoms with van der Waals surface area (Å²) in [7, 11) is -4.33. The molecule has 1 N–H and O–H groups in total. The fraction of sp³-hybridized carbons (Fsp3) is 0.0500. The smallest absolute Gasteiger partial charge is 0.279 e. The van der Waals surface area contributed by atoms with E-state index in [1.165, 1.54) is 42.7 Å². The van der Waals surface area contributed by atoms with Crippen LogP contribution in [0.4, 0.5) is 24.5 Å². The van der Waals surface area contributed by atoms with Crippen molar-refractivity contribution in [2.24, 2.45) is 0 Å². The Hall–Kier alpha value is -3.73. The van der Waals surface area contributed by atoms with E-state index in [0.717, 1.165) is 17.0 Å². The molecule has 2 amide bonds. The summed E-state index contributed by atoms with van der Waals surface area (Å²) >= 11 is 0. The predicted octanol–water partition coefficient (Wildman–Crippen LogP) is 3.70. The first-order valence-corrected chi connectivity index (χ1v) is 10.2. The molecule has 0 radical (unpaired) electrons. The summed E-state index contributed by atoms with van der Waals surface area (Å²) in [6.45, 7) is 0. The van der Waals surface area contributed by atoms with E-state index in [2.05, 4.69) is 9.71 Å². The number of rotatable bonds is 4. The Kier molecular flexibility index (Phi) is 4.77. The number of nitrogens with one attached hydrogen (secondary N) is 1. The van der Waals surface area contributed by atoms with Gasteiger partial charge >= 0.3 is 6.18 Å². The van der Waals surface area contributed by atoms with Crippen LogP contribution in [0, 0.1) is 0 Å². The van der Waals surface area contributed by atoms with Gasteiger partial charge in [0.2, 0.25) is 0 Å². The molecule has 1 aliphatic heterocycles. The second-order valence-electron chi connectivity index (χ2n) is 6.51. The number of carbonyl (C=O) groups is 2. The van der Waals surface area contributed by atoms with Gasteiger partial charge in [-0.1, -0.05) is 6.07 Å². The summed E-state index contributed by atoms with van der Waals surface area (Å²) < 4.78 is 65.7. The molecule has 158 valence electrons. The number of pyridine rings is 1. The standard InChI is InChI=1S/C20H12F3N3O4S/c21-20(22,23)12-6-8-14(9-7-12)31(29,30)25-16-5-1-4-15-17(16)19(28)26(18(15)27)13-3-2-10-24-11-13/h1-11,25H. The molecule has 7 nitrogen and oxygen atoms in total. The number of sulfonamides is 1. The number of benzene rings is 2. The molecule has 1 aromatic heterocycles. The van der Waals surface area contributed by atoms with Gasteiger partial charge in [0.15, 0.2) is 0 Å². The molecule has 2 aromatic carbocycles. The van der Waals surface area contributed by atoms with Crippen molar-refractivity contribution in [3.05, 3.63) is 83.7 Å². The molecule has 11 heteroatoms. The van der Waals surface area contributed by atoms with Gasteiger partial charge in [-0.3, -0.25) is 19.3 Å². The summed E-state index contributed by atoms with van der Waals surface area (Å²) in [6.07, 6.45) is -1.84. The average Bonchev–Trinajstić information content (AvgIpc) is 2.99. The zero-order chi connectivity index (χ0) is 22.4. The lowest BCUT2D eigenvalue weighted by atomic mass is 10.1. The zero-order valence-corrected chi connectivity index (χ0v) is 16.2.